The Morgan fingerprint density at radius 3 is 2.76 bits per heavy atom. The Hall–Kier alpha value is -2.24. The second-order valence-electron chi connectivity index (χ2n) is 6.55. The van der Waals surface area contributed by atoms with Gasteiger partial charge in [-0.1, -0.05) is 18.2 Å². The molecule has 3 heterocycles. The van der Waals surface area contributed by atoms with Gasteiger partial charge < -0.3 is 5.11 Å². The number of fused-ring (bicyclic) bond motifs is 1. The van der Waals surface area contributed by atoms with E-state index in [4.69, 9.17) is 0 Å². The number of benzene rings is 1. The Labute approximate surface area is 150 Å². The molecule has 1 N–H and O–H groups in total. The minimum Gasteiger partial charge on any atom is -0.481 e. The highest BCUT2D eigenvalue weighted by molar-refractivity contribution is 7.10. The highest BCUT2D eigenvalue weighted by Gasteiger charge is 2.30. The topological polar surface area (TPSA) is 53.4 Å². The molecule has 0 aliphatic carbocycles. The number of carbonyl (C=O) groups is 1. The van der Waals surface area contributed by atoms with Crippen molar-refractivity contribution in [3.8, 4) is 0 Å². The molecule has 4 nitrogen and oxygen atoms in total. The molecule has 1 aliphatic heterocycles. The molecule has 1 fully saturated rings. The second-order valence-corrected chi connectivity index (χ2v) is 7.53. The van der Waals surface area contributed by atoms with Gasteiger partial charge in [0.1, 0.15) is 0 Å². The zero-order chi connectivity index (χ0) is 17.2. The van der Waals surface area contributed by atoms with Gasteiger partial charge in [0.15, 0.2) is 0 Å². The highest BCUT2D eigenvalue weighted by Crippen LogP contribution is 2.35. The average Bonchev–Trinajstić information content (AvgIpc) is 3.16. The van der Waals surface area contributed by atoms with Crippen molar-refractivity contribution < 1.29 is 9.90 Å². The Morgan fingerprint density at radius 2 is 2.04 bits per heavy atom. The minimum absolute atomic E-state index is 0.187. The monoisotopic (exact) mass is 352 g/mol. The molecule has 1 atom stereocenters. The molecule has 1 saturated heterocycles. The summed E-state index contributed by atoms with van der Waals surface area (Å²) in [4.78, 5) is 19.2. The van der Waals surface area contributed by atoms with E-state index >= 15 is 0 Å². The van der Waals surface area contributed by atoms with Gasteiger partial charge in [0.25, 0.3) is 0 Å². The normalized spacial score (nSPS) is 17.6. The quantitative estimate of drug-likeness (QED) is 0.765. The lowest BCUT2D eigenvalue weighted by molar-refractivity contribution is -0.143. The van der Waals surface area contributed by atoms with Crippen molar-refractivity contribution in [1.82, 2.24) is 9.88 Å². The molecule has 3 aromatic rings. The molecule has 1 aliphatic rings. The molecule has 5 heteroatoms. The average molecular weight is 352 g/mol. The number of likely N-dealkylation sites (tertiary alicyclic amines) is 1. The van der Waals surface area contributed by atoms with Crippen LogP contribution in [-0.2, 0) is 4.79 Å². The van der Waals surface area contributed by atoms with Gasteiger partial charge >= 0.3 is 5.97 Å². The lowest BCUT2D eigenvalue weighted by Crippen LogP contribution is -2.39. The predicted octanol–water partition coefficient (Wildman–Crippen LogP) is 4.18. The maximum absolute atomic E-state index is 11.3. The van der Waals surface area contributed by atoms with Crippen LogP contribution in [0.1, 0.15) is 29.3 Å². The molecule has 0 radical (unpaired) electrons. The number of thiophene rings is 1. The molecular weight excluding hydrogens is 332 g/mol. The number of rotatable bonds is 4. The third-order valence-corrected chi connectivity index (χ3v) is 5.96. The number of carboxylic acids is 1. The maximum Gasteiger partial charge on any atom is 0.306 e. The standard InChI is InChI=1S/C20H20N2O2S/c23-20(24)14-6-9-22(10-7-14)19(18-2-1-11-25-18)16-3-4-17-13-21-8-5-15(17)12-16/h1-5,8,11-14,19H,6-7,9-10H2,(H,23,24). The zero-order valence-electron chi connectivity index (χ0n) is 13.8. The van der Waals surface area contributed by atoms with Crippen LogP contribution in [-0.4, -0.2) is 34.0 Å². The van der Waals surface area contributed by atoms with Crippen LogP contribution in [0.2, 0.25) is 0 Å². The predicted molar refractivity (Wildman–Crippen MR) is 99.8 cm³/mol. The summed E-state index contributed by atoms with van der Waals surface area (Å²) < 4.78 is 0. The van der Waals surface area contributed by atoms with Crippen LogP contribution in [0.15, 0.2) is 54.2 Å². The molecule has 2 aromatic heterocycles. The van der Waals surface area contributed by atoms with Gasteiger partial charge in [0, 0.05) is 22.7 Å². The lowest BCUT2D eigenvalue weighted by atomic mass is 9.93. The number of aliphatic carboxylic acids is 1. The van der Waals surface area contributed by atoms with Crippen LogP contribution < -0.4 is 0 Å². The fraction of sp³-hybridized carbons (Fsp3) is 0.300. The summed E-state index contributed by atoms with van der Waals surface area (Å²) in [5, 5.41) is 13.7. The summed E-state index contributed by atoms with van der Waals surface area (Å²) in [6.07, 6.45) is 5.14. The SMILES string of the molecule is O=C(O)C1CCN(C(c2ccc3cnccc3c2)c2cccs2)CC1. The third-order valence-electron chi connectivity index (χ3n) is 5.04. The van der Waals surface area contributed by atoms with Gasteiger partial charge in [-0.25, -0.2) is 0 Å². The summed E-state index contributed by atoms with van der Waals surface area (Å²) in [6, 6.07) is 13.0. The molecule has 0 bridgehead atoms. The van der Waals surface area contributed by atoms with Gasteiger partial charge in [-0.05, 0) is 60.5 Å². The number of hydrogen-bond acceptors (Lipinski definition) is 4. The van der Waals surface area contributed by atoms with Crippen molar-refractivity contribution in [3.63, 3.8) is 0 Å². The van der Waals surface area contributed by atoms with Crippen LogP contribution in [0.4, 0.5) is 0 Å². The lowest BCUT2D eigenvalue weighted by Gasteiger charge is -2.36. The molecule has 1 unspecified atom stereocenters. The van der Waals surface area contributed by atoms with Gasteiger partial charge in [-0.2, -0.15) is 0 Å². The van der Waals surface area contributed by atoms with E-state index in [0.29, 0.717) is 12.8 Å². The smallest absolute Gasteiger partial charge is 0.306 e. The first kappa shape index (κ1) is 16.2. The summed E-state index contributed by atoms with van der Waals surface area (Å²) in [6.45, 7) is 1.63. The zero-order valence-corrected chi connectivity index (χ0v) is 14.7. The number of nitrogens with zero attached hydrogens (tertiary/aromatic N) is 2. The first-order chi connectivity index (χ1) is 12.2. The van der Waals surface area contributed by atoms with Crippen LogP contribution in [0.3, 0.4) is 0 Å². The third kappa shape index (κ3) is 3.30. The van der Waals surface area contributed by atoms with E-state index in [-0.39, 0.29) is 12.0 Å². The van der Waals surface area contributed by atoms with Crippen molar-refractivity contribution in [1.29, 1.82) is 0 Å². The summed E-state index contributed by atoms with van der Waals surface area (Å²) >= 11 is 1.76. The second kappa shape index (κ2) is 6.94. The number of pyridine rings is 1. The van der Waals surface area contributed by atoms with Crippen LogP contribution in [0.25, 0.3) is 10.8 Å². The number of hydrogen-bond donors (Lipinski definition) is 1. The highest BCUT2D eigenvalue weighted by atomic mass is 32.1. The molecule has 0 saturated carbocycles. The number of carboxylic acid groups (broad SMARTS) is 1. The Bertz CT molecular complexity index is 870. The van der Waals surface area contributed by atoms with Crippen molar-refractivity contribution in [2.75, 3.05) is 13.1 Å². The van der Waals surface area contributed by atoms with E-state index in [2.05, 4.69) is 45.6 Å². The Balaban J connectivity index is 1.68. The van der Waals surface area contributed by atoms with Gasteiger partial charge in [-0.3, -0.25) is 14.7 Å². The van der Waals surface area contributed by atoms with Crippen LogP contribution >= 0.6 is 11.3 Å². The minimum atomic E-state index is -0.662. The van der Waals surface area contributed by atoms with Crippen molar-refractivity contribution in [2.45, 2.75) is 18.9 Å². The van der Waals surface area contributed by atoms with E-state index < -0.39 is 5.97 Å². The van der Waals surface area contributed by atoms with E-state index in [1.54, 1.807) is 11.3 Å². The van der Waals surface area contributed by atoms with Gasteiger partial charge in [-0.15, -0.1) is 11.3 Å². The fourth-order valence-corrected chi connectivity index (χ4v) is 4.56. The summed E-state index contributed by atoms with van der Waals surface area (Å²) in [5.41, 5.74) is 1.26. The molecule has 0 spiro atoms. The Morgan fingerprint density at radius 1 is 1.20 bits per heavy atom. The molecule has 4 rings (SSSR count). The van der Waals surface area contributed by atoms with Crippen molar-refractivity contribution in [3.05, 3.63) is 64.6 Å². The summed E-state index contributed by atoms with van der Waals surface area (Å²) in [7, 11) is 0. The molecule has 0 amide bonds. The first-order valence-electron chi connectivity index (χ1n) is 8.56. The number of piperidine rings is 1. The van der Waals surface area contributed by atoms with Gasteiger partial charge in [0.05, 0.1) is 12.0 Å². The first-order valence-corrected chi connectivity index (χ1v) is 9.44. The molecular formula is C20H20N2O2S. The van der Waals surface area contributed by atoms with Crippen LogP contribution in [0, 0.1) is 5.92 Å². The maximum atomic E-state index is 11.3. The van der Waals surface area contributed by atoms with E-state index in [0.717, 1.165) is 18.5 Å². The van der Waals surface area contributed by atoms with E-state index in [1.165, 1.54) is 15.8 Å². The van der Waals surface area contributed by atoms with Crippen LogP contribution in [0.5, 0.6) is 0 Å². The van der Waals surface area contributed by atoms with Crippen molar-refractivity contribution >= 4 is 28.1 Å². The van der Waals surface area contributed by atoms with Gasteiger partial charge in [0.2, 0.25) is 0 Å². The van der Waals surface area contributed by atoms with Crippen molar-refractivity contribution in [2.24, 2.45) is 5.92 Å². The summed E-state index contributed by atoms with van der Waals surface area (Å²) in [5.74, 6) is -0.867. The molecule has 128 valence electrons. The molecule has 25 heavy (non-hydrogen) atoms. The largest absolute Gasteiger partial charge is 0.481 e. The van der Waals surface area contributed by atoms with E-state index in [1.807, 2.05) is 18.5 Å². The fourth-order valence-electron chi connectivity index (χ4n) is 3.68. The van der Waals surface area contributed by atoms with E-state index in [9.17, 15) is 9.90 Å². The number of aromatic nitrogens is 1. The Kier molecular flexibility index (Phi) is 4.51. The molecule has 1 aromatic carbocycles.